The van der Waals surface area contributed by atoms with E-state index in [1.54, 1.807) is 6.20 Å². The molecule has 1 aromatic carbocycles. The molecule has 0 spiro atoms. The van der Waals surface area contributed by atoms with E-state index in [4.69, 9.17) is 5.73 Å². The minimum Gasteiger partial charge on any atom is -0.346 e. The van der Waals surface area contributed by atoms with Gasteiger partial charge in [0, 0.05) is 11.6 Å². The zero-order chi connectivity index (χ0) is 14.4. The van der Waals surface area contributed by atoms with Crippen molar-refractivity contribution in [2.45, 2.75) is 31.8 Å². The van der Waals surface area contributed by atoms with E-state index in [0.29, 0.717) is 6.42 Å². The van der Waals surface area contributed by atoms with Crippen LogP contribution >= 0.6 is 11.3 Å². The summed E-state index contributed by atoms with van der Waals surface area (Å²) in [7, 11) is 0. The maximum Gasteiger partial charge on any atom is 0.237 e. The van der Waals surface area contributed by atoms with Crippen molar-refractivity contribution in [1.29, 1.82) is 0 Å². The number of nitrogens with zero attached hydrogens (tertiary/aromatic N) is 1. The molecular weight excluding hydrogens is 270 g/mol. The lowest BCUT2D eigenvalue weighted by Crippen LogP contribution is -2.41. The van der Waals surface area contributed by atoms with Crippen LogP contribution in [-0.2, 0) is 11.2 Å². The Morgan fingerprint density at radius 3 is 2.80 bits per heavy atom. The molecule has 1 amide bonds. The number of thiazole rings is 1. The summed E-state index contributed by atoms with van der Waals surface area (Å²) in [6.45, 7) is 1.92. The van der Waals surface area contributed by atoms with Crippen LogP contribution in [0.5, 0.6) is 0 Å². The number of nitrogens with two attached hydrogens (primary N) is 1. The molecule has 0 aliphatic carbocycles. The molecule has 1 unspecified atom stereocenters. The lowest BCUT2D eigenvalue weighted by molar-refractivity contribution is -0.123. The third-order valence-corrected chi connectivity index (χ3v) is 4.06. The molecule has 0 radical (unpaired) electrons. The van der Waals surface area contributed by atoms with E-state index in [0.717, 1.165) is 11.4 Å². The molecule has 4 nitrogen and oxygen atoms in total. The third-order valence-electron chi connectivity index (χ3n) is 3.10. The Bertz CT molecular complexity index is 527. The molecule has 2 rings (SSSR count). The van der Waals surface area contributed by atoms with E-state index in [1.807, 2.05) is 42.6 Å². The van der Waals surface area contributed by atoms with E-state index in [9.17, 15) is 4.79 Å². The monoisotopic (exact) mass is 289 g/mol. The summed E-state index contributed by atoms with van der Waals surface area (Å²) in [4.78, 5) is 16.2. The average Bonchev–Trinajstić information content (AvgIpc) is 3.00. The molecular formula is C15H19N3OS. The fourth-order valence-corrected chi connectivity index (χ4v) is 2.57. The van der Waals surface area contributed by atoms with Crippen molar-refractivity contribution >= 4 is 17.2 Å². The van der Waals surface area contributed by atoms with Crippen molar-refractivity contribution < 1.29 is 4.79 Å². The van der Waals surface area contributed by atoms with Gasteiger partial charge in [-0.1, -0.05) is 30.3 Å². The van der Waals surface area contributed by atoms with Crippen LogP contribution in [0, 0.1) is 0 Å². The molecule has 1 heterocycles. The molecule has 0 saturated heterocycles. The quantitative estimate of drug-likeness (QED) is 0.857. The van der Waals surface area contributed by atoms with E-state index >= 15 is 0 Å². The number of aryl methyl sites for hydroxylation is 1. The van der Waals surface area contributed by atoms with Crippen molar-refractivity contribution in [3.63, 3.8) is 0 Å². The summed E-state index contributed by atoms with van der Waals surface area (Å²) >= 11 is 1.53. The van der Waals surface area contributed by atoms with Gasteiger partial charge in [-0.2, -0.15) is 0 Å². The second-order valence-corrected chi connectivity index (χ2v) is 5.66. The topological polar surface area (TPSA) is 68.0 Å². The highest BCUT2D eigenvalue weighted by Gasteiger charge is 2.17. The Balaban J connectivity index is 1.80. The zero-order valence-electron chi connectivity index (χ0n) is 11.5. The molecule has 5 heteroatoms. The van der Waals surface area contributed by atoms with E-state index in [2.05, 4.69) is 10.3 Å². The lowest BCUT2D eigenvalue weighted by atomic mass is 10.1. The first-order valence-electron chi connectivity index (χ1n) is 6.66. The van der Waals surface area contributed by atoms with Gasteiger partial charge in [-0.05, 0) is 25.3 Å². The SMILES string of the molecule is CC(NC(=O)[C@@H](N)CCc1ccccc1)c1nccs1. The van der Waals surface area contributed by atoms with E-state index in [-0.39, 0.29) is 11.9 Å². The minimum atomic E-state index is -0.488. The summed E-state index contributed by atoms with van der Waals surface area (Å²) in [6, 6.07) is 9.47. The van der Waals surface area contributed by atoms with Crippen LogP contribution in [0.3, 0.4) is 0 Å². The fraction of sp³-hybridized carbons (Fsp3) is 0.333. The number of amides is 1. The summed E-state index contributed by atoms with van der Waals surface area (Å²) in [5.74, 6) is -0.122. The smallest absolute Gasteiger partial charge is 0.237 e. The van der Waals surface area contributed by atoms with Gasteiger partial charge in [0.15, 0.2) is 0 Å². The van der Waals surface area contributed by atoms with Crippen molar-refractivity contribution in [2.24, 2.45) is 5.73 Å². The second kappa shape index (κ2) is 7.17. The number of benzene rings is 1. The molecule has 0 aliphatic rings. The van der Waals surface area contributed by atoms with Gasteiger partial charge < -0.3 is 11.1 Å². The normalized spacial score (nSPS) is 13.7. The van der Waals surface area contributed by atoms with Gasteiger partial charge in [0.05, 0.1) is 12.1 Å². The average molecular weight is 289 g/mol. The summed E-state index contributed by atoms with van der Waals surface area (Å²) in [6.07, 6.45) is 3.18. The molecule has 0 saturated carbocycles. The maximum atomic E-state index is 12.0. The number of rotatable bonds is 6. The highest BCUT2D eigenvalue weighted by atomic mass is 32.1. The standard InChI is InChI=1S/C15H19N3OS/c1-11(15-17-9-10-20-15)18-14(19)13(16)8-7-12-5-3-2-4-6-12/h2-6,9-11,13H,7-8,16H2,1H3,(H,18,19)/t11?,13-/m0/s1. The zero-order valence-corrected chi connectivity index (χ0v) is 12.3. The third kappa shape index (κ3) is 4.15. The molecule has 20 heavy (non-hydrogen) atoms. The lowest BCUT2D eigenvalue weighted by Gasteiger charge is -2.16. The first-order chi connectivity index (χ1) is 9.66. The van der Waals surface area contributed by atoms with Crippen molar-refractivity contribution in [3.8, 4) is 0 Å². The first-order valence-corrected chi connectivity index (χ1v) is 7.54. The Hall–Kier alpha value is -1.72. The van der Waals surface area contributed by atoms with Gasteiger partial charge in [-0.15, -0.1) is 11.3 Å². The van der Waals surface area contributed by atoms with Crippen LogP contribution in [0.15, 0.2) is 41.9 Å². The number of hydrogen-bond acceptors (Lipinski definition) is 4. The van der Waals surface area contributed by atoms with Crippen LogP contribution in [0.25, 0.3) is 0 Å². The first kappa shape index (κ1) is 14.7. The number of hydrogen-bond donors (Lipinski definition) is 2. The van der Waals surface area contributed by atoms with E-state index < -0.39 is 6.04 Å². The molecule has 2 aromatic rings. The van der Waals surface area contributed by atoms with Crippen LogP contribution in [0.1, 0.15) is 30.0 Å². The summed E-state index contributed by atoms with van der Waals surface area (Å²) < 4.78 is 0. The summed E-state index contributed by atoms with van der Waals surface area (Å²) in [5, 5.41) is 5.70. The Morgan fingerprint density at radius 1 is 1.40 bits per heavy atom. The highest BCUT2D eigenvalue weighted by Crippen LogP contribution is 2.14. The molecule has 2 atom stereocenters. The van der Waals surface area contributed by atoms with Crippen LogP contribution in [-0.4, -0.2) is 16.9 Å². The number of nitrogens with one attached hydrogen (secondary N) is 1. The predicted octanol–water partition coefficient (Wildman–Crippen LogP) is 2.28. The second-order valence-electron chi connectivity index (χ2n) is 4.73. The fourth-order valence-electron chi connectivity index (χ4n) is 1.93. The molecule has 3 N–H and O–H groups in total. The van der Waals surface area contributed by atoms with Crippen LogP contribution in [0.2, 0.25) is 0 Å². The van der Waals surface area contributed by atoms with Gasteiger partial charge in [0.2, 0.25) is 5.91 Å². The van der Waals surface area contributed by atoms with Gasteiger partial charge in [0.1, 0.15) is 5.01 Å². The Morgan fingerprint density at radius 2 is 2.15 bits per heavy atom. The maximum absolute atomic E-state index is 12.0. The number of carbonyl (C=O) groups excluding carboxylic acids is 1. The van der Waals surface area contributed by atoms with E-state index in [1.165, 1.54) is 16.9 Å². The van der Waals surface area contributed by atoms with Gasteiger partial charge in [0.25, 0.3) is 0 Å². The van der Waals surface area contributed by atoms with Gasteiger partial charge in [-0.25, -0.2) is 4.98 Å². The highest BCUT2D eigenvalue weighted by molar-refractivity contribution is 7.09. The molecule has 0 bridgehead atoms. The van der Waals surface area contributed by atoms with Crippen molar-refractivity contribution in [3.05, 3.63) is 52.5 Å². The Labute approximate surface area is 123 Å². The molecule has 106 valence electrons. The van der Waals surface area contributed by atoms with Gasteiger partial charge in [-0.3, -0.25) is 4.79 Å². The van der Waals surface area contributed by atoms with Crippen molar-refractivity contribution in [2.75, 3.05) is 0 Å². The molecule has 0 aliphatic heterocycles. The Kier molecular flexibility index (Phi) is 5.26. The minimum absolute atomic E-state index is 0.0923. The van der Waals surface area contributed by atoms with Gasteiger partial charge >= 0.3 is 0 Å². The molecule has 1 aromatic heterocycles. The van der Waals surface area contributed by atoms with Crippen molar-refractivity contribution in [1.82, 2.24) is 10.3 Å². The largest absolute Gasteiger partial charge is 0.346 e. The molecule has 0 fully saturated rings. The summed E-state index contributed by atoms with van der Waals surface area (Å²) in [5.41, 5.74) is 7.14. The predicted molar refractivity (Wildman–Crippen MR) is 81.4 cm³/mol. The number of carbonyl (C=O) groups is 1. The van der Waals surface area contributed by atoms with Crippen LogP contribution in [0.4, 0.5) is 0 Å². The van der Waals surface area contributed by atoms with Crippen LogP contribution < -0.4 is 11.1 Å². The number of aromatic nitrogens is 1.